The van der Waals surface area contributed by atoms with Crippen LogP contribution in [0.15, 0.2) is 36.8 Å². The number of carbonyl (C=O) groups excluding carboxylic acids is 1. The maximum atomic E-state index is 12.1. The van der Waals surface area contributed by atoms with Crippen LogP contribution in [0, 0.1) is 0 Å². The number of amides is 1. The molecule has 0 aliphatic rings. The van der Waals surface area contributed by atoms with Gasteiger partial charge in [-0.25, -0.2) is 4.98 Å². The first-order chi connectivity index (χ1) is 9.08. The molecule has 0 bridgehead atoms. The van der Waals surface area contributed by atoms with Gasteiger partial charge in [-0.05, 0) is 24.6 Å². The van der Waals surface area contributed by atoms with Crippen LogP contribution in [0.2, 0.25) is 10.2 Å². The zero-order valence-electron chi connectivity index (χ0n) is 10.1. The third-order valence-electron chi connectivity index (χ3n) is 2.60. The van der Waals surface area contributed by atoms with Crippen molar-refractivity contribution >= 4 is 29.1 Å². The Morgan fingerprint density at radius 2 is 2.16 bits per heavy atom. The normalized spacial score (nSPS) is 11.9. The first-order valence-corrected chi connectivity index (χ1v) is 6.35. The second-order valence-corrected chi connectivity index (χ2v) is 4.76. The highest BCUT2D eigenvalue weighted by Gasteiger charge is 2.15. The van der Waals surface area contributed by atoms with Crippen molar-refractivity contribution in [2.75, 3.05) is 0 Å². The molecular weight excluding hydrogens is 285 g/mol. The second kappa shape index (κ2) is 5.99. The van der Waals surface area contributed by atoms with E-state index in [9.17, 15) is 4.79 Å². The van der Waals surface area contributed by atoms with Crippen molar-refractivity contribution in [2.24, 2.45) is 0 Å². The number of nitrogens with zero attached hydrogens (tertiary/aromatic N) is 2. The number of hydrogen-bond donors (Lipinski definition) is 1. The van der Waals surface area contributed by atoms with E-state index in [1.165, 1.54) is 12.3 Å². The molecule has 0 aliphatic heterocycles. The van der Waals surface area contributed by atoms with Gasteiger partial charge in [-0.1, -0.05) is 29.3 Å². The Balaban J connectivity index is 2.15. The summed E-state index contributed by atoms with van der Waals surface area (Å²) < 4.78 is 0. The first kappa shape index (κ1) is 13.8. The highest BCUT2D eigenvalue weighted by molar-refractivity contribution is 6.35. The Kier molecular flexibility index (Phi) is 4.35. The summed E-state index contributed by atoms with van der Waals surface area (Å²) in [5, 5.41) is 3.32. The Bertz CT molecular complexity index is 590. The molecular formula is C13H11Cl2N3O. The van der Waals surface area contributed by atoms with Gasteiger partial charge in [-0.2, -0.15) is 0 Å². The number of halogens is 2. The summed E-state index contributed by atoms with van der Waals surface area (Å²) in [6.07, 6.45) is 4.73. The quantitative estimate of drug-likeness (QED) is 0.884. The molecule has 0 saturated carbocycles. The molecule has 2 heterocycles. The van der Waals surface area contributed by atoms with Crippen LogP contribution in [0.4, 0.5) is 0 Å². The summed E-state index contributed by atoms with van der Waals surface area (Å²) in [5.74, 6) is -0.300. The van der Waals surface area contributed by atoms with Gasteiger partial charge in [0, 0.05) is 18.6 Å². The SMILES string of the molecule is CC(NC(=O)c1cc(Cl)ncc1Cl)c1cccnc1. The molecule has 0 fully saturated rings. The fraction of sp³-hybridized carbons (Fsp3) is 0.154. The molecule has 0 aromatic carbocycles. The van der Waals surface area contributed by atoms with Crippen LogP contribution < -0.4 is 5.32 Å². The van der Waals surface area contributed by atoms with Crippen LogP contribution in [-0.2, 0) is 0 Å². The number of aromatic nitrogens is 2. The summed E-state index contributed by atoms with van der Waals surface area (Å²) in [7, 11) is 0. The maximum absolute atomic E-state index is 12.1. The molecule has 2 aromatic rings. The Hall–Kier alpha value is -1.65. The number of hydrogen-bond acceptors (Lipinski definition) is 3. The molecule has 1 amide bonds. The lowest BCUT2D eigenvalue weighted by molar-refractivity contribution is 0.0940. The minimum absolute atomic E-state index is 0.177. The molecule has 6 heteroatoms. The standard InChI is InChI=1S/C13H11Cl2N3O/c1-8(9-3-2-4-16-6-9)18-13(19)10-5-12(15)17-7-11(10)14/h2-8H,1H3,(H,18,19). The summed E-state index contributed by atoms with van der Waals surface area (Å²) in [6, 6.07) is 4.96. The van der Waals surface area contributed by atoms with E-state index in [0.29, 0.717) is 5.56 Å². The van der Waals surface area contributed by atoms with E-state index in [0.717, 1.165) is 5.56 Å². The summed E-state index contributed by atoms with van der Waals surface area (Å²) in [4.78, 5) is 19.9. The average molecular weight is 296 g/mol. The summed E-state index contributed by atoms with van der Waals surface area (Å²) >= 11 is 11.7. The predicted molar refractivity (Wildman–Crippen MR) is 74.4 cm³/mol. The molecule has 1 atom stereocenters. The first-order valence-electron chi connectivity index (χ1n) is 5.60. The van der Waals surface area contributed by atoms with E-state index in [4.69, 9.17) is 23.2 Å². The summed E-state index contributed by atoms with van der Waals surface area (Å²) in [6.45, 7) is 1.87. The van der Waals surface area contributed by atoms with Crippen molar-refractivity contribution in [2.45, 2.75) is 13.0 Å². The summed E-state index contributed by atoms with van der Waals surface area (Å²) in [5.41, 5.74) is 1.21. The molecule has 4 nitrogen and oxygen atoms in total. The monoisotopic (exact) mass is 295 g/mol. The van der Waals surface area contributed by atoms with Gasteiger partial charge < -0.3 is 5.32 Å². The fourth-order valence-electron chi connectivity index (χ4n) is 1.58. The number of pyridine rings is 2. The maximum Gasteiger partial charge on any atom is 0.253 e. The predicted octanol–water partition coefficient (Wildman–Crippen LogP) is 3.27. The molecule has 98 valence electrons. The average Bonchev–Trinajstić information content (AvgIpc) is 2.42. The van der Waals surface area contributed by atoms with Gasteiger partial charge in [0.2, 0.25) is 0 Å². The van der Waals surface area contributed by atoms with Gasteiger partial charge >= 0.3 is 0 Å². The van der Waals surface area contributed by atoms with E-state index in [1.807, 2.05) is 19.1 Å². The van der Waals surface area contributed by atoms with Crippen LogP contribution >= 0.6 is 23.2 Å². The van der Waals surface area contributed by atoms with Gasteiger partial charge in [-0.15, -0.1) is 0 Å². The second-order valence-electron chi connectivity index (χ2n) is 3.97. The van der Waals surface area contributed by atoms with Crippen molar-refractivity contribution in [3.05, 3.63) is 58.1 Å². The molecule has 1 N–H and O–H groups in total. The minimum Gasteiger partial charge on any atom is -0.345 e. The lowest BCUT2D eigenvalue weighted by atomic mass is 10.1. The third-order valence-corrected chi connectivity index (χ3v) is 3.11. The zero-order chi connectivity index (χ0) is 13.8. The van der Waals surface area contributed by atoms with E-state index in [-0.39, 0.29) is 22.1 Å². The highest BCUT2D eigenvalue weighted by atomic mass is 35.5. The van der Waals surface area contributed by atoms with Crippen LogP contribution in [-0.4, -0.2) is 15.9 Å². The topological polar surface area (TPSA) is 54.9 Å². The van der Waals surface area contributed by atoms with Gasteiger partial charge in [0.05, 0.1) is 16.6 Å². The zero-order valence-corrected chi connectivity index (χ0v) is 11.6. The number of nitrogens with one attached hydrogen (secondary N) is 1. The van der Waals surface area contributed by atoms with E-state index >= 15 is 0 Å². The Labute approximate surface area is 120 Å². The Morgan fingerprint density at radius 3 is 2.84 bits per heavy atom. The van der Waals surface area contributed by atoms with Gasteiger partial charge in [-0.3, -0.25) is 9.78 Å². The van der Waals surface area contributed by atoms with Crippen LogP contribution in [0.5, 0.6) is 0 Å². The van der Waals surface area contributed by atoms with Crippen LogP contribution in [0.3, 0.4) is 0 Å². The van der Waals surface area contributed by atoms with Crippen LogP contribution in [0.1, 0.15) is 28.9 Å². The van der Waals surface area contributed by atoms with E-state index in [2.05, 4.69) is 15.3 Å². The van der Waals surface area contributed by atoms with Crippen molar-refractivity contribution < 1.29 is 4.79 Å². The smallest absolute Gasteiger partial charge is 0.253 e. The van der Waals surface area contributed by atoms with Crippen molar-refractivity contribution in [1.82, 2.24) is 15.3 Å². The van der Waals surface area contributed by atoms with Crippen LogP contribution in [0.25, 0.3) is 0 Å². The van der Waals surface area contributed by atoms with Crippen molar-refractivity contribution in [3.8, 4) is 0 Å². The molecule has 0 radical (unpaired) electrons. The molecule has 0 saturated heterocycles. The van der Waals surface area contributed by atoms with Crippen molar-refractivity contribution in [1.29, 1.82) is 0 Å². The lowest BCUT2D eigenvalue weighted by Gasteiger charge is -2.14. The minimum atomic E-state index is -0.300. The molecule has 0 spiro atoms. The number of carbonyl (C=O) groups is 1. The fourth-order valence-corrected chi connectivity index (χ4v) is 1.92. The van der Waals surface area contributed by atoms with Gasteiger partial charge in [0.25, 0.3) is 5.91 Å². The van der Waals surface area contributed by atoms with E-state index in [1.54, 1.807) is 12.4 Å². The highest BCUT2D eigenvalue weighted by Crippen LogP contribution is 2.19. The number of rotatable bonds is 3. The molecule has 2 aromatic heterocycles. The molecule has 0 aliphatic carbocycles. The van der Waals surface area contributed by atoms with Gasteiger partial charge in [0.1, 0.15) is 5.15 Å². The van der Waals surface area contributed by atoms with E-state index < -0.39 is 0 Å². The molecule has 1 unspecified atom stereocenters. The molecule has 2 rings (SSSR count). The molecule has 19 heavy (non-hydrogen) atoms. The largest absolute Gasteiger partial charge is 0.345 e. The third kappa shape index (κ3) is 3.43. The lowest BCUT2D eigenvalue weighted by Crippen LogP contribution is -2.27. The Morgan fingerprint density at radius 1 is 1.37 bits per heavy atom. The van der Waals surface area contributed by atoms with Gasteiger partial charge in [0.15, 0.2) is 0 Å². The van der Waals surface area contributed by atoms with Crippen molar-refractivity contribution in [3.63, 3.8) is 0 Å².